The van der Waals surface area contributed by atoms with Crippen LogP contribution in [0, 0.1) is 11.8 Å². The maximum Gasteiger partial charge on any atom is 0.303 e. The number of fused-ring (bicyclic) bond motifs is 1. The number of carbonyl (C=O) groups is 1. The first-order chi connectivity index (χ1) is 17.5. The second kappa shape index (κ2) is 13.0. The number of likely N-dealkylation sites (tertiary alicyclic amines) is 1. The van der Waals surface area contributed by atoms with Crippen molar-refractivity contribution in [2.24, 2.45) is 11.8 Å². The van der Waals surface area contributed by atoms with Crippen LogP contribution in [0.2, 0.25) is 0 Å². The van der Waals surface area contributed by atoms with Crippen LogP contribution in [0.3, 0.4) is 0 Å². The van der Waals surface area contributed by atoms with Crippen LogP contribution in [0.1, 0.15) is 43.8 Å². The molecule has 1 saturated heterocycles. The number of piperidine rings is 1. The highest BCUT2D eigenvalue weighted by Gasteiger charge is 2.30. The van der Waals surface area contributed by atoms with Crippen LogP contribution < -0.4 is 4.74 Å². The first kappa shape index (κ1) is 26.3. The SMILES string of the molecule is COc1ccc2nccc([C@H](O)CC[C@@H]3CCN(CCSc4ccncn4)C[C@H]3CCC(=O)O)c2c1. The average molecular weight is 511 g/mol. The van der Waals surface area contributed by atoms with Crippen molar-refractivity contribution >= 4 is 28.6 Å². The third-order valence-electron chi connectivity index (χ3n) is 7.07. The molecule has 36 heavy (non-hydrogen) atoms. The fourth-order valence-corrected chi connectivity index (χ4v) is 5.95. The second-order valence-corrected chi connectivity index (χ2v) is 10.4. The Morgan fingerprint density at radius 2 is 2.08 bits per heavy atom. The summed E-state index contributed by atoms with van der Waals surface area (Å²) in [6.45, 7) is 2.83. The fraction of sp³-hybridized carbons (Fsp3) is 0.481. The summed E-state index contributed by atoms with van der Waals surface area (Å²) in [6.07, 6.45) is 7.81. The number of hydrogen-bond donors (Lipinski definition) is 2. The van der Waals surface area contributed by atoms with Crippen LogP contribution in [0.25, 0.3) is 10.9 Å². The molecular weight excluding hydrogens is 476 g/mol. The fourth-order valence-electron chi connectivity index (χ4n) is 5.11. The molecule has 4 rings (SSSR count). The van der Waals surface area contributed by atoms with Gasteiger partial charge in [0.15, 0.2) is 0 Å². The summed E-state index contributed by atoms with van der Waals surface area (Å²) in [7, 11) is 1.63. The van der Waals surface area contributed by atoms with Gasteiger partial charge in [0.25, 0.3) is 0 Å². The zero-order valence-electron chi connectivity index (χ0n) is 20.6. The van der Waals surface area contributed by atoms with Crippen molar-refractivity contribution in [3.63, 3.8) is 0 Å². The van der Waals surface area contributed by atoms with Crippen molar-refractivity contribution in [2.45, 2.75) is 43.2 Å². The monoisotopic (exact) mass is 510 g/mol. The summed E-state index contributed by atoms with van der Waals surface area (Å²) in [6, 6.07) is 9.50. The number of benzene rings is 1. The van der Waals surface area contributed by atoms with Crippen molar-refractivity contribution in [1.29, 1.82) is 0 Å². The van der Waals surface area contributed by atoms with E-state index in [9.17, 15) is 15.0 Å². The minimum atomic E-state index is -0.748. The normalized spacial score (nSPS) is 19.3. The highest BCUT2D eigenvalue weighted by atomic mass is 32.2. The van der Waals surface area contributed by atoms with Crippen LogP contribution in [-0.2, 0) is 4.79 Å². The first-order valence-corrected chi connectivity index (χ1v) is 13.5. The number of carboxylic acid groups (broad SMARTS) is 1. The van der Waals surface area contributed by atoms with Gasteiger partial charge in [-0.05, 0) is 80.0 Å². The highest BCUT2D eigenvalue weighted by Crippen LogP contribution is 2.35. The molecule has 192 valence electrons. The molecule has 0 amide bonds. The molecule has 3 aromatic rings. The van der Waals surface area contributed by atoms with Gasteiger partial charge in [0.2, 0.25) is 0 Å². The Morgan fingerprint density at radius 3 is 2.86 bits per heavy atom. The van der Waals surface area contributed by atoms with Gasteiger partial charge in [-0.3, -0.25) is 9.78 Å². The Kier molecular flexibility index (Phi) is 9.49. The summed E-state index contributed by atoms with van der Waals surface area (Å²) in [5.41, 5.74) is 1.69. The van der Waals surface area contributed by atoms with Gasteiger partial charge in [-0.1, -0.05) is 0 Å². The zero-order valence-corrected chi connectivity index (χ0v) is 21.4. The van der Waals surface area contributed by atoms with E-state index in [1.165, 1.54) is 0 Å². The summed E-state index contributed by atoms with van der Waals surface area (Å²) in [4.78, 5) is 26.4. The smallest absolute Gasteiger partial charge is 0.303 e. The average Bonchev–Trinajstić information content (AvgIpc) is 2.91. The predicted molar refractivity (Wildman–Crippen MR) is 140 cm³/mol. The summed E-state index contributed by atoms with van der Waals surface area (Å²) in [5, 5.41) is 22.3. The molecule has 0 spiro atoms. The highest BCUT2D eigenvalue weighted by molar-refractivity contribution is 7.99. The number of hydrogen-bond acceptors (Lipinski definition) is 8. The summed E-state index contributed by atoms with van der Waals surface area (Å²) < 4.78 is 5.37. The molecular formula is C27H34N4O4S. The lowest BCUT2D eigenvalue weighted by Crippen LogP contribution is -2.41. The molecule has 2 N–H and O–H groups in total. The van der Waals surface area contributed by atoms with Crippen LogP contribution in [0.15, 0.2) is 54.1 Å². The number of pyridine rings is 1. The van der Waals surface area contributed by atoms with Crippen LogP contribution in [0.4, 0.5) is 0 Å². The quantitative estimate of drug-likeness (QED) is 0.270. The summed E-state index contributed by atoms with van der Waals surface area (Å²) >= 11 is 1.72. The van der Waals surface area contributed by atoms with Gasteiger partial charge in [0, 0.05) is 43.0 Å². The Bertz CT molecular complexity index is 1130. The Morgan fingerprint density at radius 1 is 1.19 bits per heavy atom. The van der Waals surface area contributed by atoms with E-state index in [1.54, 1.807) is 37.6 Å². The summed E-state index contributed by atoms with van der Waals surface area (Å²) in [5.74, 6) is 1.63. The van der Waals surface area contributed by atoms with E-state index in [0.29, 0.717) is 24.7 Å². The molecule has 1 aliphatic rings. The standard InChI is InChI=1S/C27H34N4O4S/c1-35-21-4-5-24-23(16-21)22(8-12-29-24)25(32)6-2-19-10-13-31(17-20(19)3-7-27(33)34)14-15-36-26-9-11-28-18-30-26/h4-5,8-9,11-12,16,18-20,25,32H,2-3,6-7,10,13-15,17H2,1H3,(H,33,34)/t19-,20-,25-/m1/s1. The van der Waals surface area contributed by atoms with Gasteiger partial charge in [-0.25, -0.2) is 9.97 Å². The molecule has 9 heteroatoms. The minimum Gasteiger partial charge on any atom is -0.497 e. The van der Waals surface area contributed by atoms with Crippen molar-refractivity contribution < 1.29 is 19.7 Å². The van der Waals surface area contributed by atoms with E-state index in [-0.39, 0.29) is 6.42 Å². The zero-order chi connectivity index (χ0) is 25.3. The molecule has 1 aromatic carbocycles. The van der Waals surface area contributed by atoms with E-state index in [1.807, 2.05) is 30.3 Å². The number of aliphatic hydroxyl groups is 1. The van der Waals surface area contributed by atoms with Gasteiger partial charge in [-0.15, -0.1) is 11.8 Å². The maximum absolute atomic E-state index is 11.3. The third kappa shape index (κ3) is 7.15. The van der Waals surface area contributed by atoms with Gasteiger partial charge in [0.1, 0.15) is 12.1 Å². The lowest BCUT2D eigenvalue weighted by Gasteiger charge is -2.39. The predicted octanol–water partition coefficient (Wildman–Crippen LogP) is 4.44. The molecule has 0 aliphatic carbocycles. The number of rotatable bonds is 12. The number of methoxy groups -OCH3 is 1. The first-order valence-electron chi connectivity index (χ1n) is 12.5. The van der Waals surface area contributed by atoms with Gasteiger partial charge in [-0.2, -0.15) is 0 Å². The van der Waals surface area contributed by atoms with Crippen molar-refractivity contribution in [3.05, 3.63) is 54.6 Å². The Hall–Kier alpha value is -2.75. The number of ether oxygens (including phenoxy) is 1. The molecule has 1 fully saturated rings. The van der Waals surface area contributed by atoms with Crippen LogP contribution >= 0.6 is 11.8 Å². The Labute approximate surface area is 216 Å². The van der Waals surface area contributed by atoms with Gasteiger partial charge >= 0.3 is 5.97 Å². The molecule has 0 radical (unpaired) electrons. The maximum atomic E-state index is 11.3. The van der Waals surface area contributed by atoms with E-state index in [4.69, 9.17) is 4.74 Å². The lowest BCUT2D eigenvalue weighted by atomic mass is 9.79. The van der Waals surface area contributed by atoms with Gasteiger partial charge < -0.3 is 19.8 Å². The van der Waals surface area contributed by atoms with Crippen molar-refractivity contribution in [3.8, 4) is 5.75 Å². The minimum absolute atomic E-state index is 0.183. The molecule has 8 nitrogen and oxygen atoms in total. The van der Waals surface area contributed by atoms with E-state index in [2.05, 4.69) is 19.9 Å². The number of nitrogens with zero attached hydrogens (tertiary/aromatic N) is 4. The van der Waals surface area contributed by atoms with Crippen LogP contribution in [0.5, 0.6) is 5.75 Å². The van der Waals surface area contributed by atoms with Gasteiger partial charge in [0.05, 0.1) is 23.8 Å². The number of aliphatic carboxylic acids is 1. The van der Waals surface area contributed by atoms with Crippen LogP contribution in [-0.4, -0.2) is 68.5 Å². The molecule has 0 bridgehead atoms. The number of carboxylic acids is 1. The molecule has 2 aromatic heterocycles. The third-order valence-corrected chi connectivity index (χ3v) is 7.99. The number of thioether (sulfide) groups is 1. The molecule has 0 unspecified atom stereocenters. The van der Waals surface area contributed by atoms with E-state index in [0.717, 1.165) is 65.5 Å². The molecule has 1 aliphatic heterocycles. The Balaban J connectivity index is 1.35. The molecule has 3 heterocycles. The lowest BCUT2D eigenvalue weighted by molar-refractivity contribution is -0.137. The topological polar surface area (TPSA) is 109 Å². The van der Waals surface area contributed by atoms with Crippen molar-refractivity contribution in [2.75, 3.05) is 32.5 Å². The number of aromatic nitrogens is 3. The molecule has 3 atom stereocenters. The second-order valence-electron chi connectivity index (χ2n) is 9.31. The molecule has 0 saturated carbocycles. The number of aliphatic hydroxyl groups excluding tert-OH is 1. The van der Waals surface area contributed by atoms with E-state index < -0.39 is 12.1 Å². The van der Waals surface area contributed by atoms with E-state index >= 15 is 0 Å². The van der Waals surface area contributed by atoms with Crippen molar-refractivity contribution in [1.82, 2.24) is 19.9 Å². The largest absolute Gasteiger partial charge is 0.497 e.